The second-order valence-corrected chi connectivity index (χ2v) is 8.78. The van der Waals surface area contributed by atoms with E-state index in [9.17, 15) is 4.79 Å². The predicted molar refractivity (Wildman–Crippen MR) is 140 cm³/mol. The molecule has 2 heterocycles. The van der Waals surface area contributed by atoms with Crippen molar-refractivity contribution in [3.63, 3.8) is 0 Å². The number of anilines is 1. The summed E-state index contributed by atoms with van der Waals surface area (Å²) in [5, 5.41) is 0.839. The van der Waals surface area contributed by atoms with E-state index in [2.05, 4.69) is 48.2 Å². The van der Waals surface area contributed by atoms with E-state index in [1.54, 1.807) is 14.2 Å². The molecule has 5 rings (SSSR count). The molecule has 6 heteroatoms. The summed E-state index contributed by atoms with van der Waals surface area (Å²) in [7, 11) is 3.32. The van der Waals surface area contributed by atoms with Crippen molar-refractivity contribution >= 4 is 22.5 Å². The number of fused-ring (bicyclic) bond motifs is 1. The Bertz CT molecular complexity index is 1340. The molecule has 1 aliphatic heterocycles. The van der Waals surface area contributed by atoms with Gasteiger partial charge in [0.2, 0.25) is 0 Å². The molecule has 0 unspecified atom stereocenters. The molecule has 1 fully saturated rings. The second-order valence-electron chi connectivity index (χ2n) is 8.78. The van der Waals surface area contributed by atoms with Gasteiger partial charge < -0.3 is 19.3 Å². The van der Waals surface area contributed by atoms with Crippen molar-refractivity contribution < 1.29 is 14.3 Å². The molecule has 0 bridgehead atoms. The number of aryl methyl sites for hydroxylation is 1. The number of ether oxygens (including phenoxy) is 2. The number of pyridine rings is 1. The lowest BCUT2D eigenvalue weighted by molar-refractivity contribution is 0.0747. The summed E-state index contributed by atoms with van der Waals surface area (Å²) in [6.07, 6.45) is 0. The number of amides is 1. The summed E-state index contributed by atoms with van der Waals surface area (Å²) in [6.45, 7) is 4.98. The zero-order valence-corrected chi connectivity index (χ0v) is 20.3. The van der Waals surface area contributed by atoms with Crippen LogP contribution in [-0.2, 0) is 0 Å². The van der Waals surface area contributed by atoms with Gasteiger partial charge >= 0.3 is 0 Å². The number of carbonyl (C=O) groups is 1. The first-order valence-electron chi connectivity index (χ1n) is 11.8. The van der Waals surface area contributed by atoms with Crippen LogP contribution in [0.15, 0.2) is 72.8 Å². The maximum atomic E-state index is 13.3. The molecule has 6 nitrogen and oxygen atoms in total. The van der Waals surface area contributed by atoms with E-state index in [1.165, 1.54) is 5.56 Å². The van der Waals surface area contributed by atoms with Gasteiger partial charge in [0, 0.05) is 54.4 Å². The Balaban J connectivity index is 1.34. The van der Waals surface area contributed by atoms with Gasteiger partial charge in [-0.25, -0.2) is 4.98 Å². The average molecular weight is 468 g/mol. The van der Waals surface area contributed by atoms with Gasteiger partial charge in [0.25, 0.3) is 5.91 Å². The molecule has 0 spiro atoms. The quantitative estimate of drug-likeness (QED) is 0.404. The Morgan fingerprint density at radius 2 is 1.54 bits per heavy atom. The lowest BCUT2D eigenvalue weighted by Crippen LogP contribution is -2.48. The number of hydrogen-bond acceptors (Lipinski definition) is 5. The summed E-state index contributed by atoms with van der Waals surface area (Å²) in [6, 6.07) is 23.9. The zero-order chi connectivity index (χ0) is 24.4. The molecular weight excluding hydrogens is 438 g/mol. The van der Waals surface area contributed by atoms with Crippen LogP contribution < -0.4 is 14.4 Å². The molecule has 1 aromatic heterocycles. The van der Waals surface area contributed by atoms with Crippen molar-refractivity contribution in [1.29, 1.82) is 0 Å². The zero-order valence-electron chi connectivity index (χ0n) is 20.3. The van der Waals surface area contributed by atoms with Gasteiger partial charge in [0.15, 0.2) is 0 Å². The van der Waals surface area contributed by atoms with E-state index in [1.807, 2.05) is 41.3 Å². The van der Waals surface area contributed by atoms with Gasteiger partial charge in [0.1, 0.15) is 11.5 Å². The van der Waals surface area contributed by atoms with E-state index in [-0.39, 0.29) is 5.91 Å². The van der Waals surface area contributed by atoms with Crippen LogP contribution in [0.2, 0.25) is 0 Å². The molecule has 0 N–H and O–H groups in total. The molecule has 4 aromatic rings. The lowest BCUT2D eigenvalue weighted by Gasteiger charge is -2.36. The number of piperazine rings is 1. The maximum absolute atomic E-state index is 13.3. The van der Waals surface area contributed by atoms with Crippen molar-refractivity contribution in [1.82, 2.24) is 9.88 Å². The highest BCUT2D eigenvalue weighted by Crippen LogP contribution is 2.31. The predicted octanol–water partition coefficient (Wildman–Crippen LogP) is 5.19. The van der Waals surface area contributed by atoms with Crippen LogP contribution in [0.3, 0.4) is 0 Å². The monoisotopic (exact) mass is 467 g/mol. The van der Waals surface area contributed by atoms with Gasteiger partial charge in [-0.15, -0.1) is 0 Å². The first-order valence-corrected chi connectivity index (χ1v) is 11.8. The molecule has 0 atom stereocenters. The minimum Gasteiger partial charge on any atom is -0.497 e. The Labute approximate surface area is 205 Å². The van der Waals surface area contributed by atoms with Crippen LogP contribution in [0.5, 0.6) is 11.5 Å². The standard InChI is InChI=1S/C29H29N3O3/c1-20-4-6-21(7-5-20)27-19-28(35-3)25-18-22(8-13-26(25)30-27)29(33)32-16-14-31(15-17-32)23-9-11-24(34-2)12-10-23/h4-13,18-19H,14-17H2,1-3H3. The van der Waals surface area contributed by atoms with Crippen LogP contribution in [0.4, 0.5) is 5.69 Å². The van der Waals surface area contributed by atoms with Crippen molar-refractivity contribution in [2.45, 2.75) is 6.92 Å². The smallest absolute Gasteiger partial charge is 0.254 e. The Morgan fingerprint density at radius 1 is 0.829 bits per heavy atom. The fraction of sp³-hybridized carbons (Fsp3) is 0.241. The summed E-state index contributed by atoms with van der Waals surface area (Å²) < 4.78 is 10.9. The highest BCUT2D eigenvalue weighted by molar-refractivity contribution is 6.00. The van der Waals surface area contributed by atoms with Crippen LogP contribution >= 0.6 is 0 Å². The maximum Gasteiger partial charge on any atom is 0.254 e. The van der Waals surface area contributed by atoms with E-state index < -0.39 is 0 Å². The number of benzene rings is 3. The number of rotatable bonds is 5. The molecule has 0 radical (unpaired) electrons. The largest absolute Gasteiger partial charge is 0.497 e. The topological polar surface area (TPSA) is 54.9 Å². The van der Waals surface area contributed by atoms with Crippen molar-refractivity contribution in [3.8, 4) is 22.8 Å². The normalized spacial score (nSPS) is 13.7. The molecule has 1 amide bonds. The Kier molecular flexibility index (Phi) is 6.27. The molecule has 35 heavy (non-hydrogen) atoms. The van der Waals surface area contributed by atoms with Gasteiger partial charge in [-0.2, -0.15) is 0 Å². The third-order valence-corrected chi connectivity index (χ3v) is 6.59. The number of hydrogen-bond donors (Lipinski definition) is 0. The van der Waals surface area contributed by atoms with Gasteiger partial charge in [-0.1, -0.05) is 29.8 Å². The summed E-state index contributed by atoms with van der Waals surface area (Å²) in [5.41, 5.74) is 5.69. The van der Waals surface area contributed by atoms with Crippen LogP contribution in [0, 0.1) is 6.92 Å². The number of nitrogens with zero attached hydrogens (tertiary/aromatic N) is 3. The van der Waals surface area contributed by atoms with E-state index in [0.29, 0.717) is 24.4 Å². The molecule has 1 saturated heterocycles. The van der Waals surface area contributed by atoms with E-state index in [0.717, 1.165) is 46.7 Å². The molecule has 178 valence electrons. The summed E-state index contributed by atoms with van der Waals surface area (Å²) >= 11 is 0. The fourth-order valence-electron chi connectivity index (χ4n) is 4.51. The number of carbonyl (C=O) groups excluding carboxylic acids is 1. The van der Waals surface area contributed by atoms with Gasteiger partial charge in [-0.05, 0) is 49.4 Å². The number of aromatic nitrogens is 1. The first kappa shape index (κ1) is 22.7. The van der Waals surface area contributed by atoms with Crippen molar-refractivity contribution in [2.24, 2.45) is 0 Å². The minimum absolute atomic E-state index is 0.0333. The Morgan fingerprint density at radius 3 is 2.20 bits per heavy atom. The SMILES string of the molecule is COc1ccc(N2CCN(C(=O)c3ccc4nc(-c5ccc(C)cc5)cc(OC)c4c3)CC2)cc1. The first-order chi connectivity index (χ1) is 17.1. The summed E-state index contributed by atoms with van der Waals surface area (Å²) in [4.78, 5) is 22.4. The Hall–Kier alpha value is -4.06. The molecule has 0 aliphatic carbocycles. The highest BCUT2D eigenvalue weighted by atomic mass is 16.5. The van der Waals surface area contributed by atoms with Crippen LogP contribution in [0.1, 0.15) is 15.9 Å². The van der Waals surface area contributed by atoms with Crippen molar-refractivity contribution in [2.75, 3.05) is 45.3 Å². The highest BCUT2D eigenvalue weighted by Gasteiger charge is 2.23. The van der Waals surface area contributed by atoms with Gasteiger partial charge in [0.05, 0.1) is 25.4 Å². The van der Waals surface area contributed by atoms with E-state index >= 15 is 0 Å². The van der Waals surface area contributed by atoms with Crippen LogP contribution in [0.25, 0.3) is 22.2 Å². The molecule has 1 aliphatic rings. The fourth-order valence-corrected chi connectivity index (χ4v) is 4.51. The minimum atomic E-state index is 0.0333. The van der Waals surface area contributed by atoms with Crippen LogP contribution in [-0.4, -0.2) is 56.2 Å². The van der Waals surface area contributed by atoms with Crippen molar-refractivity contribution in [3.05, 3.63) is 83.9 Å². The van der Waals surface area contributed by atoms with E-state index in [4.69, 9.17) is 14.5 Å². The lowest BCUT2D eigenvalue weighted by atomic mass is 10.0. The average Bonchev–Trinajstić information content (AvgIpc) is 2.92. The molecule has 3 aromatic carbocycles. The van der Waals surface area contributed by atoms with Gasteiger partial charge in [-0.3, -0.25) is 4.79 Å². The molecular formula is C29H29N3O3. The molecule has 0 saturated carbocycles. The second kappa shape index (κ2) is 9.66. The third kappa shape index (κ3) is 4.64. The summed E-state index contributed by atoms with van der Waals surface area (Å²) in [5.74, 6) is 1.59. The third-order valence-electron chi connectivity index (χ3n) is 6.59. The number of methoxy groups -OCH3 is 2.